The Balaban J connectivity index is 1.87. The van der Waals surface area contributed by atoms with Gasteiger partial charge in [-0.3, -0.25) is 9.59 Å². The molecule has 1 aromatic heterocycles. The van der Waals surface area contributed by atoms with Crippen molar-refractivity contribution in [3.63, 3.8) is 0 Å². The van der Waals surface area contributed by atoms with Crippen LogP contribution in [0.1, 0.15) is 46.0 Å². The Bertz CT molecular complexity index is 1120. The molecule has 0 aliphatic carbocycles. The number of benzene rings is 2. The smallest absolute Gasteiger partial charge is 0.245 e. The zero-order valence-corrected chi connectivity index (χ0v) is 21.1. The molecule has 1 heterocycles. The van der Waals surface area contributed by atoms with Crippen LogP contribution < -0.4 is 5.32 Å². The minimum atomic E-state index is -0.276. The fourth-order valence-corrected chi connectivity index (χ4v) is 3.81. The van der Waals surface area contributed by atoms with Gasteiger partial charge in [0.2, 0.25) is 11.8 Å². The molecular weight excluding hydrogens is 471 g/mol. The summed E-state index contributed by atoms with van der Waals surface area (Å²) in [7, 11) is 0. The van der Waals surface area contributed by atoms with Crippen molar-refractivity contribution in [1.82, 2.24) is 14.7 Å². The number of unbranched alkanes of at least 4 members (excludes halogenated alkanes) is 2. The maximum absolute atomic E-state index is 13.0. The lowest BCUT2D eigenvalue weighted by Gasteiger charge is -2.22. The molecule has 180 valence electrons. The summed E-state index contributed by atoms with van der Waals surface area (Å²) in [6.45, 7) is 4.67. The summed E-state index contributed by atoms with van der Waals surface area (Å²) < 4.78 is 1.62. The summed E-state index contributed by atoms with van der Waals surface area (Å²) in [5.41, 5.74) is 2.27. The Morgan fingerprint density at radius 3 is 2.38 bits per heavy atom. The highest BCUT2D eigenvalue weighted by Crippen LogP contribution is 2.29. The van der Waals surface area contributed by atoms with E-state index in [4.69, 9.17) is 28.3 Å². The molecule has 2 amide bonds. The molecule has 0 atom stereocenters. The summed E-state index contributed by atoms with van der Waals surface area (Å²) in [5.74, 6) is 0.217. The third-order valence-corrected chi connectivity index (χ3v) is 6.15. The van der Waals surface area contributed by atoms with E-state index < -0.39 is 0 Å². The fraction of sp³-hybridized carbons (Fsp3) is 0.346. The average molecular weight is 501 g/mol. The third-order valence-electron chi connectivity index (χ3n) is 5.41. The van der Waals surface area contributed by atoms with Crippen LogP contribution in [0.5, 0.6) is 0 Å². The number of hydrogen-bond acceptors (Lipinski definition) is 3. The summed E-state index contributed by atoms with van der Waals surface area (Å²) in [5, 5.41) is 8.46. The maximum Gasteiger partial charge on any atom is 0.245 e. The first-order valence-corrected chi connectivity index (χ1v) is 12.4. The van der Waals surface area contributed by atoms with Crippen LogP contribution >= 0.6 is 23.2 Å². The minimum Gasteiger partial charge on any atom is -0.333 e. The van der Waals surface area contributed by atoms with Gasteiger partial charge in [0, 0.05) is 24.6 Å². The lowest BCUT2D eigenvalue weighted by Crippen LogP contribution is -2.38. The van der Waals surface area contributed by atoms with E-state index in [1.165, 1.54) is 0 Å². The van der Waals surface area contributed by atoms with Crippen molar-refractivity contribution in [2.45, 2.75) is 46.0 Å². The molecule has 3 rings (SSSR count). The van der Waals surface area contributed by atoms with Gasteiger partial charge < -0.3 is 10.2 Å². The van der Waals surface area contributed by atoms with Crippen molar-refractivity contribution < 1.29 is 9.59 Å². The lowest BCUT2D eigenvalue weighted by atomic mass is 10.1. The molecule has 0 saturated carbocycles. The van der Waals surface area contributed by atoms with Crippen LogP contribution in [0.3, 0.4) is 0 Å². The molecule has 0 bridgehead atoms. The largest absolute Gasteiger partial charge is 0.333 e. The number of nitrogens with zero attached hydrogens (tertiary/aromatic N) is 3. The zero-order chi connectivity index (χ0) is 24.5. The highest BCUT2D eigenvalue weighted by molar-refractivity contribution is 6.42. The van der Waals surface area contributed by atoms with E-state index >= 15 is 0 Å². The van der Waals surface area contributed by atoms with Crippen LogP contribution in [0.15, 0.2) is 54.6 Å². The van der Waals surface area contributed by atoms with E-state index in [1.54, 1.807) is 27.8 Å². The number of hydrogen-bond donors (Lipinski definition) is 1. The highest BCUT2D eigenvalue weighted by Gasteiger charge is 2.19. The molecule has 0 aliphatic rings. The van der Waals surface area contributed by atoms with Crippen LogP contribution in [0, 0.1) is 0 Å². The number of halogens is 2. The van der Waals surface area contributed by atoms with E-state index in [2.05, 4.69) is 12.2 Å². The second-order valence-corrected chi connectivity index (χ2v) is 8.93. The Hall–Kier alpha value is -2.83. The van der Waals surface area contributed by atoms with Gasteiger partial charge in [-0.2, -0.15) is 5.10 Å². The van der Waals surface area contributed by atoms with Crippen LogP contribution in [0.25, 0.3) is 16.9 Å². The quantitative estimate of drug-likeness (QED) is 0.322. The molecule has 2 aromatic carbocycles. The Kier molecular flexibility index (Phi) is 9.54. The first kappa shape index (κ1) is 25.8. The molecule has 0 radical (unpaired) electrons. The predicted octanol–water partition coefficient (Wildman–Crippen LogP) is 6.60. The molecule has 0 fully saturated rings. The van der Waals surface area contributed by atoms with E-state index in [0.717, 1.165) is 31.2 Å². The first-order valence-electron chi connectivity index (χ1n) is 11.6. The lowest BCUT2D eigenvalue weighted by molar-refractivity contribution is -0.134. The number of aromatic nitrogens is 2. The number of amides is 2. The minimum absolute atomic E-state index is 0.00419. The molecule has 6 nitrogen and oxygen atoms in total. The van der Waals surface area contributed by atoms with Crippen molar-refractivity contribution in [2.24, 2.45) is 0 Å². The molecule has 3 aromatic rings. The zero-order valence-electron chi connectivity index (χ0n) is 19.6. The Morgan fingerprint density at radius 1 is 0.971 bits per heavy atom. The summed E-state index contributed by atoms with van der Waals surface area (Å²) in [4.78, 5) is 27.3. The second-order valence-electron chi connectivity index (χ2n) is 8.11. The van der Waals surface area contributed by atoms with Gasteiger partial charge in [-0.05, 0) is 31.0 Å². The number of nitrogens with one attached hydrogen (secondary N) is 1. The molecule has 0 saturated heterocycles. The first-order chi connectivity index (χ1) is 16.4. The van der Waals surface area contributed by atoms with Gasteiger partial charge in [0.25, 0.3) is 0 Å². The molecule has 0 aliphatic heterocycles. The summed E-state index contributed by atoms with van der Waals surface area (Å²) in [6.07, 6.45) is 4.00. The number of rotatable bonds is 11. The van der Waals surface area contributed by atoms with Crippen LogP contribution in [0.4, 0.5) is 5.82 Å². The van der Waals surface area contributed by atoms with Gasteiger partial charge in [0.15, 0.2) is 0 Å². The second kappa shape index (κ2) is 12.6. The molecule has 0 unspecified atom stereocenters. The number of carbonyl (C=O) groups is 2. The normalized spacial score (nSPS) is 10.8. The molecule has 1 N–H and O–H groups in total. The van der Waals surface area contributed by atoms with Crippen LogP contribution in [-0.2, 0) is 9.59 Å². The van der Waals surface area contributed by atoms with Gasteiger partial charge in [-0.25, -0.2) is 4.68 Å². The van der Waals surface area contributed by atoms with Gasteiger partial charge in [-0.1, -0.05) is 80.2 Å². The van der Waals surface area contributed by atoms with Gasteiger partial charge in [0.1, 0.15) is 5.82 Å². The predicted molar refractivity (Wildman–Crippen MR) is 139 cm³/mol. The van der Waals surface area contributed by atoms with Crippen molar-refractivity contribution in [2.75, 3.05) is 18.4 Å². The van der Waals surface area contributed by atoms with Crippen molar-refractivity contribution >= 4 is 40.8 Å². The van der Waals surface area contributed by atoms with Crippen LogP contribution in [-0.4, -0.2) is 39.6 Å². The van der Waals surface area contributed by atoms with Crippen LogP contribution in [0.2, 0.25) is 10.0 Å². The number of anilines is 1. The number of carbonyl (C=O) groups excluding carboxylic acids is 2. The van der Waals surface area contributed by atoms with Gasteiger partial charge in [-0.15, -0.1) is 0 Å². The van der Waals surface area contributed by atoms with Crippen molar-refractivity contribution in [3.05, 3.63) is 64.6 Å². The fourth-order valence-electron chi connectivity index (χ4n) is 3.52. The Morgan fingerprint density at radius 2 is 1.71 bits per heavy atom. The van der Waals surface area contributed by atoms with Gasteiger partial charge in [0.05, 0.1) is 28.0 Å². The molecule has 0 spiro atoms. The standard InChI is InChI=1S/C26H30Cl2N4O2/c1-3-5-12-26(34)31(15-6-4-2)18-25(33)29-24-17-23(19-10-8-7-9-11-19)30-32(24)20-13-14-21(27)22(28)16-20/h7-11,13-14,16-17H,3-6,12,15,18H2,1-2H3,(H,29,33). The summed E-state index contributed by atoms with van der Waals surface area (Å²) >= 11 is 12.3. The average Bonchev–Trinajstić information content (AvgIpc) is 3.26. The molecule has 8 heteroatoms. The maximum atomic E-state index is 13.0. The Labute approximate surface area is 210 Å². The van der Waals surface area contributed by atoms with E-state index in [0.29, 0.717) is 40.2 Å². The van der Waals surface area contributed by atoms with Gasteiger partial charge >= 0.3 is 0 Å². The third kappa shape index (κ3) is 6.84. The van der Waals surface area contributed by atoms with E-state index in [1.807, 2.05) is 43.3 Å². The molecular formula is C26H30Cl2N4O2. The molecule has 34 heavy (non-hydrogen) atoms. The monoisotopic (exact) mass is 500 g/mol. The summed E-state index contributed by atoms with van der Waals surface area (Å²) in [6, 6.07) is 16.7. The van der Waals surface area contributed by atoms with E-state index in [9.17, 15) is 9.59 Å². The SMILES string of the molecule is CCCCC(=O)N(CCCC)CC(=O)Nc1cc(-c2ccccc2)nn1-c1ccc(Cl)c(Cl)c1. The van der Waals surface area contributed by atoms with E-state index in [-0.39, 0.29) is 18.4 Å². The van der Waals surface area contributed by atoms with Crippen molar-refractivity contribution in [1.29, 1.82) is 0 Å². The topological polar surface area (TPSA) is 67.2 Å². The van der Waals surface area contributed by atoms with Crippen molar-refractivity contribution in [3.8, 4) is 16.9 Å². The highest BCUT2D eigenvalue weighted by atomic mass is 35.5.